The first-order valence-corrected chi connectivity index (χ1v) is 6.43. The van der Waals surface area contributed by atoms with Crippen LogP contribution < -0.4 is 0 Å². The van der Waals surface area contributed by atoms with E-state index in [2.05, 4.69) is 23.7 Å². The van der Waals surface area contributed by atoms with Crippen LogP contribution in [0.5, 0.6) is 0 Å². The van der Waals surface area contributed by atoms with Gasteiger partial charge in [-0.2, -0.15) is 0 Å². The summed E-state index contributed by atoms with van der Waals surface area (Å²) in [4.78, 5) is 19.5. The summed E-state index contributed by atoms with van der Waals surface area (Å²) in [7, 11) is 0. The third-order valence-electron chi connectivity index (χ3n) is 3.61. The van der Waals surface area contributed by atoms with E-state index in [-0.39, 0.29) is 5.91 Å². The number of aromatic amines is 1. The molecule has 1 fully saturated rings. The minimum Gasteiger partial charge on any atom is -0.357 e. The number of likely N-dealkylation sites (N-methyl/N-ethyl adjacent to an activating group) is 1. The molecule has 4 heteroatoms. The molecule has 1 unspecified atom stereocenters. The maximum absolute atomic E-state index is 12.1. The van der Waals surface area contributed by atoms with Crippen molar-refractivity contribution >= 4 is 5.91 Å². The molecule has 2 heterocycles. The Labute approximate surface area is 103 Å². The third kappa shape index (κ3) is 2.52. The lowest BCUT2D eigenvalue weighted by Crippen LogP contribution is -2.38. The van der Waals surface area contributed by atoms with Crippen LogP contribution in [0.2, 0.25) is 0 Å². The summed E-state index contributed by atoms with van der Waals surface area (Å²) in [5, 5.41) is 0. The van der Waals surface area contributed by atoms with E-state index in [9.17, 15) is 4.79 Å². The van der Waals surface area contributed by atoms with Crippen molar-refractivity contribution in [1.82, 2.24) is 14.8 Å². The highest BCUT2D eigenvalue weighted by Crippen LogP contribution is 2.17. The fourth-order valence-electron chi connectivity index (χ4n) is 2.60. The van der Waals surface area contributed by atoms with Gasteiger partial charge in [0.15, 0.2) is 0 Å². The van der Waals surface area contributed by atoms with Crippen molar-refractivity contribution in [3.8, 4) is 0 Å². The van der Waals surface area contributed by atoms with Crippen LogP contribution >= 0.6 is 0 Å². The van der Waals surface area contributed by atoms with E-state index >= 15 is 0 Å². The number of H-pyrrole nitrogens is 1. The van der Waals surface area contributed by atoms with Gasteiger partial charge < -0.3 is 9.88 Å². The molecule has 0 aliphatic carbocycles. The molecule has 0 aromatic carbocycles. The number of aromatic nitrogens is 1. The van der Waals surface area contributed by atoms with Crippen molar-refractivity contribution in [3.05, 3.63) is 24.0 Å². The van der Waals surface area contributed by atoms with Crippen LogP contribution in [-0.2, 0) is 0 Å². The normalized spacial score (nSPS) is 20.2. The molecule has 1 aromatic rings. The first-order valence-electron chi connectivity index (χ1n) is 6.43. The summed E-state index contributed by atoms with van der Waals surface area (Å²) in [6.45, 7) is 8.22. The number of nitrogens with one attached hydrogen (secondary N) is 1. The van der Waals surface area contributed by atoms with Gasteiger partial charge in [0.1, 0.15) is 5.69 Å². The van der Waals surface area contributed by atoms with E-state index in [1.165, 1.54) is 0 Å². The van der Waals surface area contributed by atoms with Crippen molar-refractivity contribution in [2.24, 2.45) is 0 Å². The van der Waals surface area contributed by atoms with E-state index < -0.39 is 0 Å². The van der Waals surface area contributed by atoms with Gasteiger partial charge in [0.05, 0.1) is 0 Å². The molecule has 1 aliphatic heterocycles. The van der Waals surface area contributed by atoms with Crippen molar-refractivity contribution in [2.45, 2.75) is 26.3 Å². The van der Waals surface area contributed by atoms with Crippen LogP contribution in [0.1, 0.15) is 30.8 Å². The second-order valence-electron chi connectivity index (χ2n) is 4.50. The highest BCUT2D eigenvalue weighted by molar-refractivity contribution is 5.92. The van der Waals surface area contributed by atoms with Gasteiger partial charge in [-0.25, -0.2) is 0 Å². The van der Waals surface area contributed by atoms with Crippen LogP contribution in [0.3, 0.4) is 0 Å². The summed E-state index contributed by atoms with van der Waals surface area (Å²) in [6, 6.07) is 4.24. The zero-order chi connectivity index (χ0) is 12.3. The summed E-state index contributed by atoms with van der Waals surface area (Å²) >= 11 is 0. The van der Waals surface area contributed by atoms with Gasteiger partial charge in [-0.1, -0.05) is 13.8 Å². The fraction of sp³-hybridized carbons (Fsp3) is 0.615. The van der Waals surface area contributed by atoms with Crippen LogP contribution in [0, 0.1) is 0 Å². The molecule has 1 amide bonds. The number of amides is 1. The summed E-state index contributed by atoms with van der Waals surface area (Å²) < 4.78 is 0. The van der Waals surface area contributed by atoms with Crippen molar-refractivity contribution < 1.29 is 4.79 Å². The number of hydrogen-bond acceptors (Lipinski definition) is 2. The van der Waals surface area contributed by atoms with Gasteiger partial charge in [-0.3, -0.25) is 9.69 Å². The zero-order valence-electron chi connectivity index (χ0n) is 10.6. The Morgan fingerprint density at radius 2 is 2.29 bits per heavy atom. The van der Waals surface area contributed by atoms with Gasteiger partial charge in [-0.05, 0) is 31.6 Å². The van der Waals surface area contributed by atoms with E-state index in [0.717, 1.165) is 32.6 Å². The van der Waals surface area contributed by atoms with Crippen molar-refractivity contribution in [2.75, 3.05) is 26.2 Å². The molecule has 1 N–H and O–H groups in total. The number of rotatable bonds is 4. The maximum atomic E-state index is 12.1. The Kier molecular flexibility index (Phi) is 3.84. The molecule has 4 nitrogen and oxygen atoms in total. The smallest absolute Gasteiger partial charge is 0.270 e. The minimum atomic E-state index is 0.129. The Morgan fingerprint density at radius 3 is 2.88 bits per heavy atom. The largest absolute Gasteiger partial charge is 0.357 e. The predicted octanol–water partition coefficient (Wildman–Crippen LogP) is 1.57. The molecular weight excluding hydrogens is 214 g/mol. The Bertz CT molecular complexity index is 357. The minimum absolute atomic E-state index is 0.129. The summed E-state index contributed by atoms with van der Waals surface area (Å²) in [5.74, 6) is 0.129. The van der Waals surface area contributed by atoms with Gasteiger partial charge in [0.2, 0.25) is 0 Å². The first kappa shape index (κ1) is 12.2. The molecule has 17 heavy (non-hydrogen) atoms. The summed E-state index contributed by atoms with van der Waals surface area (Å²) in [6.07, 6.45) is 2.89. The maximum Gasteiger partial charge on any atom is 0.270 e. The van der Waals surface area contributed by atoms with Crippen molar-refractivity contribution in [1.29, 1.82) is 0 Å². The highest BCUT2D eigenvalue weighted by atomic mass is 16.2. The van der Waals surface area contributed by atoms with Crippen LogP contribution in [0.15, 0.2) is 18.3 Å². The lowest BCUT2D eigenvalue weighted by atomic mass is 10.2. The topological polar surface area (TPSA) is 39.3 Å². The quantitative estimate of drug-likeness (QED) is 0.860. The van der Waals surface area contributed by atoms with Gasteiger partial charge in [0.25, 0.3) is 5.91 Å². The lowest BCUT2D eigenvalue weighted by molar-refractivity contribution is 0.0773. The molecule has 1 aliphatic rings. The Hall–Kier alpha value is -1.29. The highest BCUT2D eigenvalue weighted by Gasteiger charge is 2.29. The van der Waals surface area contributed by atoms with E-state index in [4.69, 9.17) is 0 Å². The van der Waals surface area contributed by atoms with Gasteiger partial charge in [-0.15, -0.1) is 0 Å². The van der Waals surface area contributed by atoms with Crippen molar-refractivity contribution in [3.63, 3.8) is 0 Å². The molecule has 0 radical (unpaired) electrons. The number of hydrogen-bond donors (Lipinski definition) is 1. The van der Waals surface area contributed by atoms with Gasteiger partial charge >= 0.3 is 0 Å². The van der Waals surface area contributed by atoms with E-state index in [1.807, 2.05) is 17.0 Å². The molecule has 94 valence electrons. The molecular formula is C13H21N3O. The van der Waals surface area contributed by atoms with Crippen LogP contribution in [0.25, 0.3) is 0 Å². The molecule has 0 bridgehead atoms. The molecule has 1 aromatic heterocycles. The SMILES string of the molecule is CCN(CC)C1CCN(C(=O)c2ccc[nH]2)C1. The molecule has 0 spiro atoms. The van der Waals surface area contributed by atoms with E-state index in [1.54, 1.807) is 6.20 Å². The average Bonchev–Trinajstić information content (AvgIpc) is 3.01. The van der Waals surface area contributed by atoms with Crippen LogP contribution in [0.4, 0.5) is 0 Å². The Balaban J connectivity index is 1.96. The zero-order valence-corrected chi connectivity index (χ0v) is 10.6. The number of carbonyl (C=O) groups is 1. The Morgan fingerprint density at radius 1 is 1.53 bits per heavy atom. The molecule has 1 saturated heterocycles. The lowest BCUT2D eigenvalue weighted by Gasteiger charge is -2.26. The number of nitrogens with zero attached hydrogens (tertiary/aromatic N) is 2. The average molecular weight is 235 g/mol. The summed E-state index contributed by atoms with van der Waals surface area (Å²) in [5.41, 5.74) is 0.699. The second-order valence-corrected chi connectivity index (χ2v) is 4.50. The molecule has 0 saturated carbocycles. The third-order valence-corrected chi connectivity index (χ3v) is 3.61. The number of likely N-dealkylation sites (tertiary alicyclic amines) is 1. The van der Waals surface area contributed by atoms with E-state index in [0.29, 0.717) is 11.7 Å². The van der Waals surface area contributed by atoms with Crippen LogP contribution in [-0.4, -0.2) is 52.9 Å². The van der Waals surface area contributed by atoms with Gasteiger partial charge in [0, 0.05) is 25.3 Å². The predicted molar refractivity (Wildman–Crippen MR) is 68.0 cm³/mol. The number of carbonyl (C=O) groups excluding carboxylic acids is 1. The molecule has 2 rings (SSSR count). The fourth-order valence-corrected chi connectivity index (χ4v) is 2.60. The standard InChI is InChI=1S/C13H21N3O/c1-3-15(4-2)11-7-9-16(10-11)13(17)12-6-5-8-14-12/h5-6,8,11,14H,3-4,7,9-10H2,1-2H3. The monoisotopic (exact) mass is 235 g/mol. The first-order chi connectivity index (χ1) is 8.26. The second kappa shape index (κ2) is 5.36. The molecule has 1 atom stereocenters.